The summed E-state index contributed by atoms with van der Waals surface area (Å²) >= 11 is 0. The minimum atomic E-state index is -0.871. The summed E-state index contributed by atoms with van der Waals surface area (Å²) in [6.45, 7) is 4.79. The van der Waals surface area contributed by atoms with Crippen LogP contribution in [-0.4, -0.2) is 80.6 Å². The molecule has 0 rings (SSSR count). The minimum Gasteiger partial charge on any atom is -0.477 e. The molecule has 2 atom stereocenters. The third-order valence-electron chi connectivity index (χ3n) is 12.9. The fourth-order valence-electron chi connectivity index (χ4n) is 8.62. The van der Waals surface area contributed by atoms with Crippen LogP contribution in [0, 0.1) is 0 Å². The molecule has 0 aromatic heterocycles. The summed E-state index contributed by atoms with van der Waals surface area (Å²) in [6, 6.07) is -0.612. The van der Waals surface area contributed by atoms with Gasteiger partial charge in [-0.25, -0.2) is 4.79 Å². The third kappa shape index (κ3) is 45.2. The van der Waals surface area contributed by atoms with Gasteiger partial charge in [0, 0.05) is 19.3 Å². The Bertz CT molecular complexity index is 1060. The molecule has 0 bridgehead atoms. The van der Waals surface area contributed by atoms with Crippen molar-refractivity contribution in [3.8, 4) is 0 Å². The molecule has 378 valence electrons. The molecular formula is C56H108NO7+. The Labute approximate surface area is 397 Å². The average molecular weight is 907 g/mol. The van der Waals surface area contributed by atoms with Crippen LogP contribution in [0.2, 0.25) is 0 Å². The SMILES string of the molecule is CCCCCCCC/C=C/CCCCCCCCCC(=O)OC(COCCC(C(=O)O)[N+](C)(C)C)COC(=O)CCCCCCCCCCCCCCCCCCCCCCCCC. The Morgan fingerprint density at radius 2 is 0.781 bits per heavy atom. The maximum atomic E-state index is 12.8. The molecule has 8 heteroatoms. The van der Waals surface area contributed by atoms with E-state index >= 15 is 0 Å². The maximum Gasteiger partial charge on any atom is 0.362 e. The van der Waals surface area contributed by atoms with Gasteiger partial charge in [0.25, 0.3) is 0 Å². The molecule has 0 aliphatic carbocycles. The molecule has 0 radical (unpaired) electrons. The zero-order valence-electron chi connectivity index (χ0n) is 43.3. The van der Waals surface area contributed by atoms with E-state index in [9.17, 15) is 19.5 Å². The largest absolute Gasteiger partial charge is 0.477 e. The van der Waals surface area contributed by atoms with Gasteiger partial charge in [0.2, 0.25) is 0 Å². The lowest BCUT2D eigenvalue weighted by Gasteiger charge is -2.31. The highest BCUT2D eigenvalue weighted by Gasteiger charge is 2.31. The number of quaternary nitrogens is 1. The van der Waals surface area contributed by atoms with Gasteiger partial charge in [0.15, 0.2) is 12.1 Å². The normalized spacial score (nSPS) is 12.8. The first-order valence-electron chi connectivity index (χ1n) is 27.7. The van der Waals surface area contributed by atoms with Gasteiger partial charge in [0.05, 0.1) is 34.4 Å². The van der Waals surface area contributed by atoms with Crippen molar-refractivity contribution in [3.63, 3.8) is 0 Å². The van der Waals surface area contributed by atoms with E-state index < -0.39 is 18.1 Å². The summed E-state index contributed by atoms with van der Waals surface area (Å²) in [5.41, 5.74) is 0. The number of allylic oxidation sites excluding steroid dienone is 2. The Morgan fingerprint density at radius 3 is 1.12 bits per heavy atom. The molecule has 64 heavy (non-hydrogen) atoms. The van der Waals surface area contributed by atoms with Gasteiger partial charge in [-0.1, -0.05) is 231 Å². The van der Waals surface area contributed by atoms with E-state index in [1.165, 1.54) is 205 Å². The lowest BCUT2D eigenvalue weighted by molar-refractivity contribution is -0.887. The molecule has 0 aliphatic heterocycles. The number of carboxylic acids is 1. The number of rotatable bonds is 51. The van der Waals surface area contributed by atoms with Crippen molar-refractivity contribution in [2.75, 3.05) is 41.0 Å². The number of carbonyl (C=O) groups is 3. The summed E-state index contributed by atoms with van der Waals surface area (Å²) in [4.78, 5) is 37.2. The Balaban J connectivity index is 4.13. The van der Waals surface area contributed by atoms with E-state index in [0.29, 0.717) is 19.3 Å². The Hall–Kier alpha value is -1.93. The number of unbranched alkanes of at least 4 members (excludes halogenated alkanes) is 35. The first-order valence-corrected chi connectivity index (χ1v) is 27.7. The van der Waals surface area contributed by atoms with E-state index in [2.05, 4.69) is 26.0 Å². The standard InChI is InChI=1S/C56H107NO7/c1-6-8-10-12-14-16-18-20-22-24-25-26-27-28-29-31-32-34-36-38-40-42-44-46-54(58)63-51-52(50-62-49-48-53(56(60)61)57(3,4)5)64-55(59)47-45-43-41-39-37-35-33-30-23-21-19-17-15-13-11-9-7-2/h21,23,52-53H,6-20,22,24-51H2,1-5H3/p+1/b23-21+. The van der Waals surface area contributed by atoms with Crippen molar-refractivity contribution in [3.05, 3.63) is 12.2 Å². The van der Waals surface area contributed by atoms with E-state index in [4.69, 9.17) is 14.2 Å². The molecule has 0 saturated heterocycles. The van der Waals surface area contributed by atoms with Crippen LogP contribution < -0.4 is 0 Å². The molecule has 8 nitrogen and oxygen atoms in total. The predicted octanol–water partition coefficient (Wildman–Crippen LogP) is 16.2. The van der Waals surface area contributed by atoms with Crippen LogP contribution in [0.4, 0.5) is 0 Å². The second kappa shape index (κ2) is 47.6. The molecule has 0 aromatic carbocycles. The molecule has 0 aromatic rings. The number of aliphatic carboxylic acids is 1. The number of nitrogens with zero attached hydrogens (tertiary/aromatic N) is 1. The van der Waals surface area contributed by atoms with E-state index in [0.717, 1.165) is 38.5 Å². The van der Waals surface area contributed by atoms with Crippen LogP contribution in [0.25, 0.3) is 0 Å². The van der Waals surface area contributed by atoms with Crippen LogP contribution in [-0.2, 0) is 28.6 Å². The summed E-state index contributed by atoms with van der Waals surface area (Å²) in [5.74, 6) is -1.45. The Kier molecular flexibility index (Phi) is 46.1. The molecule has 0 heterocycles. The van der Waals surface area contributed by atoms with E-state index in [-0.39, 0.29) is 36.2 Å². The topological polar surface area (TPSA) is 99.1 Å². The van der Waals surface area contributed by atoms with Crippen LogP contribution in [0.1, 0.15) is 277 Å². The predicted molar refractivity (Wildman–Crippen MR) is 271 cm³/mol. The number of carboxylic acid groups (broad SMARTS) is 1. The maximum absolute atomic E-state index is 12.8. The second-order valence-corrected chi connectivity index (χ2v) is 20.2. The number of hydrogen-bond donors (Lipinski definition) is 1. The highest BCUT2D eigenvalue weighted by Crippen LogP contribution is 2.17. The van der Waals surface area contributed by atoms with Gasteiger partial charge in [-0.2, -0.15) is 0 Å². The molecule has 0 amide bonds. The highest BCUT2D eigenvalue weighted by molar-refractivity contribution is 5.72. The van der Waals surface area contributed by atoms with Gasteiger partial charge >= 0.3 is 17.9 Å². The third-order valence-corrected chi connectivity index (χ3v) is 12.9. The quantitative estimate of drug-likeness (QED) is 0.0281. The second-order valence-electron chi connectivity index (χ2n) is 20.2. The minimum absolute atomic E-state index is 0.0458. The molecule has 0 aliphatic rings. The summed E-state index contributed by atoms with van der Waals surface area (Å²) in [6.07, 6.45) is 54.1. The van der Waals surface area contributed by atoms with Gasteiger partial charge in [0.1, 0.15) is 6.61 Å². The van der Waals surface area contributed by atoms with Crippen LogP contribution in [0.5, 0.6) is 0 Å². The number of likely N-dealkylation sites (N-methyl/N-ethyl adjacent to an activating group) is 1. The van der Waals surface area contributed by atoms with E-state index in [1.54, 1.807) is 0 Å². The zero-order valence-corrected chi connectivity index (χ0v) is 43.3. The summed E-state index contributed by atoms with van der Waals surface area (Å²) in [5, 5.41) is 9.66. The first-order chi connectivity index (χ1) is 31.1. The lowest BCUT2D eigenvalue weighted by Crippen LogP contribution is -2.50. The fraction of sp³-hybridized carbons (Fsp3) is 0.911. The zero-order chi connectivity index (χ0) is 47.0. The fourth-order valence-corrected chi connectivity index (χ4v) is 8.62. The summed E-state index contributed by atoms with van der Waals surface area (Å²) in [7, 11) is 5.55. The van der Waals surface area contributed by atoms with E-state index in [1.807, 2.05) is 21.1 Å². The van der Waals surface area contributed by atoms with Gasteiger partial charge in [-0.15, -0.1) is 0 Å². The number of carbonyl (C=O) groups excluding carboxylic acids is 2. The average Bonchev–Trinajstić information content (AvgIpc) is 3.26. The van der Waals surface area contributed by atoms with Crippen molar-refractivity contribution >= 4 is 17.9 Å². The summed E-state index contributed by atoms with van der Waals surface area (Å²) < 4.78 is 17.4. The van der Waals surface area contributed by atoms with Crippen molar-refractivity contribution in [1.29, 1.82) is 0 Å². The molecule has 2 unspecified atom stereocenters. The smallest absolute Gasteiger partial charge is 0.362 e. The molecule has 1 N–H and O–H groups in total. The van der Waals surface area contributed by atoms with Gasteiger partial charge in [-0.05, 0) is 38.5 Å². The Morgan fingerprint density at radius 1 is 0.453 bits per heavy atom. The molecular weight excluding hydrogens is 799 g/mol. The molecule has 0 spiro atoms. The number of esters is 2. The number of ether oxygens (including phenoxy) is 3. The molecule has 0 fully saturated rings. The van der Waals surface area contributed by atoms with Gasteiger partial charge in [-0.3, -0.25) is 9.59 Å². The van der Waals surface area contributed by atoms with Crippen LogP contribution in [0.15, 0.2) is 12.2 Å². The number of hydrogen-bond acceptors (Lipinski definition) is 6. The molecule has 0 saturated carbocycles. The monoisotopic (exact) mass is 907 g/mol. The first kappa shape index (κ1) is 62.1. The van der Waals surface area contributed by atoms with Crippen molar-refractivity contribution in [2.45, 2.75) is 289 Å². The van der Waals surface area contributed by atoms with Crippen molar-refractivity contribution < 1.29 is 38.2 Å². The lowest BCUT2D eigenvalue weighted by atomic mass is 10.0. The van der Waals surface area contributed by atoms with Crippen LogP contribution >= 0.6 is 0 Å². The van der Waals surface area contributed by atoms with Crippen LogP contribution in [0.3, 0.4) is 0 Å². The van der Waals surface area contributed by atoms with Crippen molar-refractivity contribution in [1.82, 2.24) is 0 Å². The van der Waals surface area contributed by atoms with Gasteiger partial charge < -0.3 is 23.8 Å². The van der Waals surface area contributed by atoms with Crippen molar-refractivity contribution in [2.24, 2.45) is 0 Å². The highest BCUT2D eigenvalue weighted by atomic mass is 16.6.